The van der Waals surface area contributed by atoms with E-state index in [4.69, 9.17) is 0 Å². The molecule has 1 fully saturated rings. The predicted molar refractivity (Wildman–Crippen MR) is 70.6 cm³/mol. The van der Waals surface area contributed by atoms with Crippen LogP contribution >= 0.6 is 0 Å². The Morgan fingerprint density at radius 3 is 2.50 bits per heavy atom. The number of carbonyl (C=O) groups excluding carboxylic acids is 3. The highest BCUT2D eigenvalue weighted by molar-refractivity contribution is 5.81. The van der Waals surface area contributed by atoms with E-state index in [1.165, 1.54) is 0 Å². The highest BCUT2D eigenvalue weighted by atomic mass is 16.5. The summed E-state index contributed by atoms with van der Waals surface area (Å²) >= 11 is 0. The number of hydrogen-bond donors (Lipinski definition) is 3. The van der Waals surface area contributed by atoms with E-state index >= 15 is 0 Å². The van der Waals surface area contributed by atoms with E-state index in [0.717, 1.165) is 32.8 Å². The first-order chi connectivity index (χ1) is 9.54. The lowest BCUT2D eigenvalue weighted by Crippen LogP contribution is -2.39. The normalized spacial score (nSPS) is 16.5. The Morgan fingerprint density at radius 1 is 1.25 bits per heavy atom. The number of carbonyl (C=O) groups is 3. The third-order valence-electron chi connectivity index (χ3n) is 3.34. The number of hydrogen-bond acceptors (Lipinski definition) is 5. The zero-order chi connectivity index (χ0) is 15.0. The first-order valence-electron chi connectivity index (χ1n) is 6.85. The van der Waals surface area contributed by atoms with Crippen molar-refractivity contribution in [1.82, 2.24) is 10.6 Å². The molecule has 0 bridgehead atoms. The summed E-state index contributed by atoms with van der Waals surface area (Å²) in [5.74, 6) is -1.04. The van der Waals surface area contributed by atoms with E-state index in [9.17, 15) is 19.5 Å². The minimum Gasteiger partial charge on any atom is -0.467 e. The number of rotatable bonds is 7. The van der Waals surface area contributed by atoms with Crippen LogP contribution in [0.25, 0.3) is 0 Å². The van der Waals surface area contributed by atoms with Crippen molar-refractivity contribution in [3.63, 3.8) is 0 Å². The van der Waals surface area contributed by atoms with Crippen molar-refractivity contribution < 1.29 is 24.2 Å². The molecule has 0 heterocycles. The van der Waals surface area contributed by atoms with E-state index in [2.05, 4.69) is 15.4 Å². The van der Waals surface area contributed by atoms with Gasteiger partial charge in [0.05, 0.1) is 13.7 Å². The van der Waals surface area contributed by atoms with Crippen molar-refractivity contribution in [3.8, 4) is 0 Å². The van der Waals surface area contributed by atoms with Crippen LogP contribution in [0.4, 0.5) is 0 Å². The number of amides is 2. The number of aliphatic hydroxyl groups excluding tert-OH is 1. The molecule has 0 aromatic carbocycles. The van der Waals surface area contributed by atoms with Gasteiger partial charge >= 0.3 is 5.97 Å². The van der Waals surface area contributed by atoms with E-state index in [-0.39, 0.29) is 37.2 Å². The Hall–Kier alpha value is -1.63. The van der Waals surface area contributed by atoms with Crippen LogP contribution in [0.3, 0.4) is 0 Å². The van der Waals surface area contributed by atoms with Gasteiger partial charge < -0.3 is 20.5 Å². The largest absolute Gasteiger partial charge is 0.467 e. The van der Waals surface area contributed by atoms with Crippen LogP contribution in [0.15, 0.2) is 0 Å². The molecule has 1 aliphatic carbocycles. The first kappa shape index (κ1) is 16.4. The molecule has 0 aliphatic heterocycles. The summed E-state index contributed by atoms with van der Waals surface area (Å²) in [5.41, 5.74) is 0. The van der Waals surface area contributed by atoms with Crippen LogP contribution in [-0.4, -0.2) is 49.2 Å². The maximum atomic E-state index is 11.7. The van der Waals surface area contributed by atoms with Crippen LogP contribution in [0.1, 0.15) is 32.1 Å². The Bertz CT molecular complexity index is 353. The Kier molecular flexibility index (Phi) is 7.00. The molecule has 0 aromatic rings. The third kappa shape index (κ3) is 5.56. The van der Waals surface area contributed by atoms with Crippen LogP contribution in [-0.2, 0) is 19.1 Å². The number of esters is 1. The second-order valence-electron chi connectivity index (χ2n) is 4.87. The second kappa shape index (κ2) is 8.52. The van der Waals surface area contributed by atoms with Gasteiger partial charge in [0.15, 0.2) is 6.10 Å². The van der Waals surface area contributed by atoms with E-state index in [1.54, 1.807) is 0 Å². The van der Waals surface area contributed by atoms with Gasteiger partial charge in [0.2, 0.25) is 11.8 Å². The Labute approximate surface area is 118 Å². The topological polar surface area (TPSA) is 105 Å². The Morgan fingerprint density at radius 2 is 1.90 bits per heavy atom. The standard InChI is InChI=1S/C13H22N2O5/c1-20-13(19)10(16)8-15-11(17)6-7-14-12(18)9-4-2-3-5-9/h9-10,16H,2-8H2,1H3,(H,14,18)(H,15,17). The van der Waals surface area contributed by atoms with Gasteiger partial charge in [-0.05, 0) is 12.8 Å². The van der Waals surface area contributed by atoms with E-state index in [1.807, 2.05) is 0 Å². The molecule has 1 unspecified atom stereocenters. The zero-order valence-corrected chi connectivity index (χ0v) is 11.7. The molecular weight excluding hydrogens is 264 g/mol. The summed E-state index contributed by atoms with van der Waals surface area (Å²) < 4.78 is 4.32. The van der Waals surface area contributed by atoms with E-state index < -0.39 is 12.1 Å². The molecule has 2 amide bonds. The molecule has 1 rings (SSSR count). The summed E-state index contributed by atoms with van der Waals surface area (Å²) in [5, 5.41) is 14.4. The summed E-state index contributed by atoms with van der Waals surface area (Å²) in [6, 6.07) is 0. The molecule has 0 saturated heterocycles. The monoisotopic (exact) mass is 286 g/mol. The minimum atomic E-state index is -1.36. The van der Waals surface area contributed by atoms with Crippen LogP contribution in [0.5, 0.6) is 0 Å². The maximum Gasteiger partial charge on any atom is 0.336 e. The van der Waals surface area contributed by atoms with Crippen molar-refractivity contribution in [2.45, 2.75) is 38.2 Å². The van der Waals surface area contributed by atoms with Gasteiger partial charge in [0, 0.05) is 18.9 Å². The maximum absolute atomic E-state index is 11.7. The van der Waals surface area contributed by atoms with Crippen LogP contribution in [0.2, 0.25) is 0 Å². The number of nitrogens with one attached hydrogen (secondary N) is 2. The summed E-state index contributed by atoms with van der Waals surface area (Å²) in [6.45, 7) is 0.0670. The van der Waals surface area contributed by atoms with E-state index in [0.29, 0.717) is 0 Å². The fraction of sp³-hybridized carbons (Fsp3) is 0.769. The molecule has 0 spiro atoms. The number of aliphatic hydroxyl groups is 1. The zero-order valence-electron chi connectivity index (χ0n) is 11.7. The molecule has 0 radical (unpaired) electrons. The molecule has 114 valence electrons. The highest BCUT2D eigenvalue weighted by Crippen LogP contribution is 2.24. The molecule has 0 aromatic heterocycles. The highest BCUT2D eigenvalue weighted by Gasteiger charge is 2.22. The first-order valence-corrected chi connectivity index (χ1v) is 6.85. The quantitative estimate of drug-likeness (QED) is 0.539. The van der Waals surface area contributed by atoms with Gasteiger partial charge in [-0.1, -0.05) is 12.8 Å². The summed E-state index contributed by atoms with van der Waals surface area (Å²) in [4.78, 5) is 34.0. The SMILES string of the molecule is COC(=O)C(O)CNC(=O)CCNC(=O)C1CCCC1. The molecule has 1 atom stereocenters. The van der Waals surface area contributed by atoms with Crippen molar-refractivity contribution in [1.29, 1.82) is 0 Å². The third-order valence-corrected chi connectivity index (χ3v) is 3.34. The summed E-state index contributed by atoms with van der Waals surface area (Å²) in [6.07, 6.45) is 2.77. The fourth-order valence-electron chi connectivity index (χ4n) is 2.15. The van der Waals surface area contributed by atoms with Gasteiger partial charge in [-0.3, -0.25) is 9.59 Å². The van der Waals surface area contributed by atoms with Gasteiger partial charge in [0.1, 0.15) is 0 Å². The predicted octanol–water partition coefficient (Wildman–Crippen LogP) is -0.667. The van der Waals surface area contributed by atoms with Gasteiger partial charge in [-0.15, -0.1) is 0 Å². The Balaban J connectivity index is 2.10. The number of ether oxygens (including phenoxy) is 1. The van der Waals surface area contributed by atoms with Gasteiger partial charge in [0.25, 0.3) is 0 Å². The average molecular weight is 286 g/mol. The second-order valence-corrected chi connectivity index (χ2v) is 4.87. The lowest BCUT2D eigenvalue weighted by Gasteiger charge is -2.11. The van der Waals surface area contributed by atoms with Crippen LogP contribution < -0.4 is 10.6 Å². The lowest BCUT2D eigenvalue weighted by atomic mass is 10.1. The number of methoxy groups -OCH3 is 1. The smallest absolute Gasteiger partial charge is 0.336 e. The average Bonchev–Trinajstić information content (AvgIpc) is 2.97. The minimum absolute atomic E-state index is 0.00453. The molecule has 7 nitrogen and oxygen atoms in total. The van der Waals surface area contributed by atoms with Crippen molar-refractivity contribution in [3.05, 3.63) is 0 Å². The fourth-order valence-corrected chi connectivity index (χ4v) is 2.15. The molecule has 1 aliphatic rings. The molecule has 20 heavy (non-hydrogen) atoms. The molecule has 7 heteroatoms. The van der Waals surface area contributed by atoms with Crippen LogP contribution in [0, 0.1) is 5.92 Å². The van der Waals surface area contributed by atoms with Gasteiger partial charge in [-0.25, -0.2) is 4.79 Å². The van der Waals surface area contributed by atoms with Crippen molar-refractivity contribution >= 4 is 17.8 Å². The molecule has 1 saturated carbocycles. The van der Waals surface area contributed by atoms with Gasteiger partial charge in [-0.2, -0.15) is 0 Å². The summed E-state index contributed by atoms with van der Waals surface area (Å²) in [7, 11) is 1.16. The lowest BCUT2D eigenvalue weighted by molar-refractivity contribution is -0.150. The molecular formula is C13H22N2O5. The van der Waals surface area contributed by atoms with Crippen molar-refractivity contribution in [2.75, 3.05) is 20.2 Å². The molecule has 3 N–H and O–H groups in total. The van der Waals surface area contributed by atoms with Crippen molar-refractivity contribution in [2.24, 2.45) is 5.92 Å².